The Balaban J connectivity index is 0. The minimum atomic E-state index is 0. The van der Waals surface area contributed by atoms with E-state index in [1.165, 1.54) is 0 Å². The molecule has 0 aromatic rings. The van der Waals surface area contributed by atoms with Crippen molar-refractivity contribution in [2.24, 2.45) is 0 Å². The predicted octanol–water partition coefficient (Wildman–Crippen LogP) is -3.80. The fraction of sp³-hybridized carbons (Fsp3) is 0. The first-order valence-corrected chi connectivity index (χ1v) is 0. The molecule has 0 spiro atoms. The maximum Gasteiger partial charge on any atom is 2.00 e. The summed E-state index contributed by atoms with van der Waals surface area (Å²) in [5, 5.41) is 0. The van der Waals surface area contributed by atoms with Gasteiger partial charge in [-0.05, 0) is 0 Å². The van der Waals surface area contributed by atoms with E-state index in [0.717, 1.165) is 0 Å². The van der Waals surface area contributed by atoms with Gasteiger partial charge < -0.3 is 4.28 Å². The summed E-state index contributed by atoms with van der Waals surface area (Å²) in [6.45, 7) is 0. The van der Waals surface area contributed by atoms with Crippen molar-refractivity contribution < 1.29 is 33.8 Å². The zero-order valence-corrected chi connectivity index (χ0v) is 9.15. The largest absolute Gasteiger partial charge is 2.00 e. The molecule has 0 heterocycles. The predicted molar refractivity (Wildman–Crippen MR) is 20.6 cm³/mol. The van der Waals surface area contributed by atoms with Gasteiger partial charge in [0.2, 0.25) is 0 Å². The van der Waals surface area contributed by atoms with Crippen molar-refractivity contribution in [2.45, 2.75) is 0 Å². The molecule has 0 aliphatic carbocycles. The molecule has 4 heavy (non-hydrogen) atoms. The van der Waals surface area contributed by atoms with E-state index in [9.17, 15) is 0 Å². The Morgan fingerprint density at radius 3 is 1.25 bits per heavy atom. The molecular weight excluding hydrogens is 118 g/mol. The van der Waals surface area contributed by atoms with Crippen LogP contribution in [0, 0.1) is 0 Å². The van der Waals surface area contributed by atoms with E-state index >= 15 is 0 Å². The maximum absolute atomic E-state index is 0. The molecule has 0 N–H and O–H groups in total. The summed E-state index contributed by atoms with van der Waals surface area (Å²) in [7, 11) is 0. The van der Waals surface area contributed by atoms with Crippen LogP contribution in [0.2, 0.25) is 0 Å². The Bertz CT molecular complexity index is 14.9. The van der Waals surface area contributed by atoms with Crippen molar-refractivity contribution in [1.82, 2.24) is 0 Å². The van der Waals surface area contributed by atoms with Gasteiger partial charge in [-0.25, -0.2) is 0 Å². The first-order chi connectivity index (χ1) is 0. The number of hydrogen-bond acceptors (Lipinski definition) is 0. The van der Waals surface area contributed by atoms with E-state index in [1.807, 2.05) is 0 Å². The van der Waals surface area contributed by atoms with Gasteiger partial charge in [-0.2, -0.15) is 0 Å². The Kier molecular flexibility index (Phi) is 116. The summed E-state index contributed by atoms with van der Waals surface area (Å²) in [6.07, 6.45) is 0. The molecule has 0 rings (SSSR count). The second kappa shape index (κ2) is 16.7. The third-order valence-corrected chi connectivity index (χ3v) is 0. The third kappa shape index (κ3) is 8.89. The van der Waals surface area contributed by atoms with E-state index in [-0.39, 0.29) is 99.9 Å². The van der Waals surface area contributed by atoms with Crippen molar-refractivity contribution in [3.05, 3.63) is 0 Å². The second-order valence-corrected chi connectivity index (χ2v) is 0. The van der Waals surface area contributed by atoms with Crippen molar-refractivity contribution in [2.75, 3.05) is 0 Å². The molecule has 13 valence electrons. The van der Waals surface area contributed by atoms with Gasteiger partial charge in [0.25, 0.3) is 0 Å². The molecule has 0 saturated heterocycles. The van der Waals surface area contributed by atoms with E-state index in [4.69, 9.17) is 0 Å². The Morgan fingerprint density at radius 2 is 1.25 bits per heavy atom. The van der Waals surface area contributed by atoms with Gasteiger partial charge in [-0.3, -0.25) is 0 Å². The molecule has 0 bridgehead atoms. The summed E-state index contributed by atoms with van der Waals surface area (Å²) in [4.78, 5) is 0. The smallest absolute Gasteiger partial charge is 1.00 e. The molecule has 0 aromatic carbocycles. The zero-order chi connectivity index (χ0) is 0. The van der Waals surface area contributed by atoms with E-state index < -0.39 is 0 Å². The topological polar surface area (TPSA) is 0 Å². The van der Waals surface area contributed by atoms with Crippen molar-refractivity contribution in [1.29, 1.82) is 0 Å². The molecule has 0 atom stereocenters. The van der Waals surface area contributed by atoms with Gasteiger partial charge in [0.1, 0.15) is 0 Å². The first kappa shape index (κ1) is 28.0. The summed E-state index contributed by atoms with van der Waals surface area (Å²) >= 11 is 0. The molecular formula is H3AlCaNaSi. The van der Waals surface area contributed by atoms with E-state index in [2.05, 4.69) is 0 Å². The van der Waals surface area contributed by atoms with Crippen molar-refractivity contribution >= 4 is 66.1 Å². The summed E-state index contributed by atoms with van der Waals surface area (Å²) in [5.41, 5.74) is 0. The van der Waals surface area contributed by atoms with Gasteiger partial charge in [-0.1, -0.05) is 0 Å². The molecule has 0 unspecified atom stereocenters. The van der Waals surface area contributed by atoms with Gasteiger partial charge >= 0.3 is 67.3 Å². The molecule has 0 aliphatic heterocycles. The van der Waals surface area contributed by atoms with Crippen LogP contribution in [0.3, 0.4) is 0 Å². The summed E-state index contributed by atoms with van der Waals surface area (Å²) in [6, 6.07) is 0. The quantitative estimate of drug-likeness (QED) is 0.288. The second-order valence-electron chi connectivity index (χ2n) is 0. The van der Waals surface area contributed by atoms with Gasteiger partial charge in [0.05, 0.1) is 0 Å². The summed E-state index contributed by atoms with van der Waals surface area (Å²) < 4.78 is 0. The van der Waals surface area contributed by atoms with Crippen LogP contribution >= 0.6 is 0 Å². The Morgan fingerprint density at radius 1 is 1.25 bits per heavy atom. The van der Waals surface area contributed by atoms with Crippen LogP contribution in [0.15, 0.2) is 0 Å². The van der Waals surface area contributed by atoms with Gasteiger partial charge in [0, 0.05) is 28.3 Å². The van der Waals surface area contributed by atoms with Gasteiger partial charge in [-0.15, -0.1) is 0 Å². The van der Waals surface area contributed by atoms with Crippen LogP contribution in [0.25, 0.3) is 0 Å². The normalized spacial score (nSPS) is 0. The van der Waals surface area contributed by atoms with Crippen LogP contribution in [0.1, 0.15) is 4.28 Å². The first-order valence-electron chi connectivity index (χ1n) is 0. The molecule has 4 heteroatoms. The monoisotopic (exact) mass is 121 g/mol. The van der Waals surface area contributed by atoms with E-state index in [0.29, 0.717) is 0 Å². The number of rotatable bonds is 0. The minimum absolute atomic E-state index is 0. The van der Waals surface area contributed by atoms with Gasteiger partial charge in [0.15, 0.2) is 0 Å². The fourth-order valence-corrected chi connectivity index (χ4v) is 0. The Hall–Kier alpha value is 3.01. The molecule has 0 saturated carbocycles. The average molecular weight is 121 g/mol. The van der Waals surface area contributed by atoms with Crippen LogP contribution in [-0.2, 0) is 0 Å². The van der Waals surface area contributed by atoms with E-state index in [1.54, 1.807) is 0 Å². The van der Waals surface area contributed by atoms with Crippen LogP contribution in [0.4, 0.5) is 0 Å². The molecule has 0 amide bonds. The zero-order valence-electron chi connectivity index (χ0n) is 5.78. The number of hydrogen-bond donors (Lipinski definition) is 0. The van der Waals surface area contributed by atoms with Crippen LogP contribution < -0.4 is 29.6 Å². The Labute approximate surface area is 98.0 Å². The minimum Gasteiger partial charge on any atom is -1.00 e. The molecule has 0 nitrogen and oxygen atoms in total. The van der Waals surface area contributed by atoms with Crippen molar-refractivity contribution in [3.8, 4) is 0 Å². The van der Waals surface area contributed by atoms with Crippen LogP contribution in [0.5, 0.6) is 0 Å². The van der Waals surface area contributed by atoms with Crippen LogP contribution in [-0.4, -0.2) is 66.1 Å². The third-order valence-electron chi connectivity index (χ3n) is 0. The fourth-order valence-electron chi connectivity index (χ4n) is 0. The molecule has 0 fully saturated rings. The average Bonchev–Trinajstić information content (AvgIpc) is 0. The SMILES string of the molecule is [Al].[Ca+2].[H-].[H-].[H-].[Na+].[Si]. The standard InChI is InChI=1S/Al.Ca.Na.Si.3H/q;+2;+1;;3*-1. The van der Waals surface area contributed by atoms with Crippen molar-refractivity contribution in [3.63, 3.8) is 0 Å². The maximum atomic E-state index is 0. The molecule has 0 aliphatic rings. The molecule has 0 aromatic heterocycles. The summed E-state index contributed by atoms with van der Waals surface area (Å²) in [5.74, 6) is 0. The molecule has 7 radical (unpaired) electrons.